The van der Waals surface area contributed by atoms with E-state index in [9.17, 15) is 9.18 Å². The summed E-state index contributed by atoms with van der Waals surface area (Å²) in [6.07, 6.45) is 4.75. The van der Waals surface area contributed by atoms with E-state index in [1.165, 1.54) is 6.42 Å². The van der Waals surface area contributed by atoms with E-state index in [4.69, 9.17) is 21.3 Å². The lowest BCUT2D eigenvalue weighted by molar-refractivity contribution is -0.124. The molecule has 3 atom stereocenters. The lowest BCUT2D eigenvalue weighted by Crippen LogP contribution is -2.43. The quantitative estimate of drug-likeness (QED) is 0.242. The molecule has 0 N–H and O–H groups in total. The molecule has 0 radical (unpaired) electrons. The fraction of sp³-hybridized carbons (Fsp3) is 0.459. The smallest absolute Gasteiger partial charge is 0.319 e. The van der Waals surface area contributed by atoms with E-state index in [1.54, 1.807) is 23.2 Å². The molecule has 0 unspecified atom stereocenters. The van der Waals surface area contributed by atoms with Crippen molar-refractivity contribution in [1.29, 1.82) is 0 Å². The highest BCUT2D eigenvalue weighted by atomic mass is 35.5. The highest BCUT2D eigenvalue weighted by Crippen LogP contribution is 2.41. The van der Waals surface area contributed by atoms with Gasteiger partial charge < -0.3 is 14.5 Å². The van der Waals surface area contributed by atoms with Gasteiger partial charge in [0, 0.05) is 74.4 Å². The van der Waals surface area contributed by atoms with Crippen LogP contribution in [0.25, 0.3) is 32.9 Å². The van der Waals surface area contributed by atoms with Crippen molar-refractivity contribution in [1.82, 2.24) is 29.7 Å². The van der Waals surface area contributed by atoms with Gasteiger partial charge in [-0.2, -0.15) is 9.97 Å². The highest BCUT2D eigenvalue weighted by molar-refractivity contribution is 6.36. The molecule has 12 heteroatoms. The molecule has 9 nitrogen and oxygen atoms in total. The maximum absolute atomic E-state index is 16.8. The second-order valence-electron chi connectivity index (χ2n) is 13.8. The van der Waals surface area contributed by atoms with Gasteiger partial charge >= 0.3 is 6.01 Å². The minimum Gasteiger partial charge on any atom is -0.461 e. The van der Waals surface area contributed by atoms with Crippen molar-refractivity contribution in [3.8, 4) is 29.1 Å². The number of hydrogen-bond acceptors (Lipinski definition) is 8. The summed E-state index contributed by atoms with van der Waals surface area (Å²) in [5.41, 5.74) is 0.322. The van der Waals surface area contributed by atoms with Crippen molar-refractivity contribution in [3.05, 3.63) is 53.4 Å². The minimum absolute atomic E-state index is 0.0210. The Morgan fingerprint density at radius 2 is 1.96 bits per heavy atom. The number of amides is 1. The third kappa shape index (κ3) is 5.94. The molecule has 4 aliphatic heterocycles. The highest BCUT2D eigenvalue weighted by Gasteiger charge is 2.49. The zero-order valence-corrected chi connectivity index (χ0v) is 28.2. The van der Waals surface area contributed by atoms with Gasteiger partial charge in [-0.25, -0.2) is 8.78 Å². The average Bonchev–Trinajstić information content (AvgIpc) is 3.79. The number of benzene rings is 2. The predicted molar refractivity (Wildman–Crippen MR) is 186 cm³/mol. The Hall–Kier alpha value is -4.11. The van der Waals surface area contributed by atoms with Gasteiger partial charge in [0.05, 0.1) is 17.5 Å². The molecule has 0 saturated carbocycles. The Bertz CT molecular complexity index is 1990. The van der Waals surface area contributed by atoms with Crippen LogP contribution in [0, 0.1) is 17.7 Å². The Balaban J connectivity index is 1.14. The van der Waals surface area contributed by atoms with E-state index < -0.39 is 17.5 Å². The lowest BCUT2D eigenvalue weighted by Gasteiger charge is -2.31. The number of carbonyl (C=O) groups is 1. The van der Waals surface area contributed by atoms with Crippen molar-refractivity contribution in [3.63, 3.8) is 0 Å². The van der Waals surface area contributed by atoms with Crippen molar-refractivity contribution in [2.75, 3.05) is 64.4 Å². The second kappa shape index (κ2) is 13.0. The number of likely N-dealkylation sites (N-methyl/N-ethyl adjacent to an activating group) is 1. The zero-order chi connectivity index (χ0) is 33.7. The molecule has 49 heavy (non-hydrogen) atoms. The molecule has 1 amide bonds. The molecular weight excluding hydrogens is 648 g/mol. The van der Waals surface area contributed by atoms with Crippen molar-refractivity contribution in [2.24, 2.45) is 0 Å². The summed E-state index contributed by atoms with van der Waals surface area (Å²) in [4.78, 5) is 35.1. The fourth-order valence-corrected chi connectivity index (χ4v) is 8.23. The van der Waals surface area contributed by atoms with Crippen molar-refractivity contribution in [2.45, 2.75) is 49.9 Å². The molecule has 4 aliphatic rings. The second-order valence-corrected chi connectivity index (χ2v) is 14.2. The van der Waals surface area contributed by atoms with Gasteiger partial charge in [-0.15, -0.1) is 0 Å². The lowest BCUT2D eigenvalue weighted by atomic mass is 9.95. The first kappa shape index (κ1) is 32.1. The number of carbonyl (C=O) groups excluding carboxylic acids is 1. The SMILES string of the molecule is CN(c1nc(OC[C@@]23CCCN2C[C@H](F)C3)nc2c(F)c(-c3cccc4cccc(Cl)c34)ncc12)[C@@H]1CCN(C(=O)C#CCN2CCC2)C1. The summed E-state index contributed by atoms with van der Waals surface area (Å²) in [6, 6.07) is 11.1. The molecule has 8 rings (SSSR count). The van der Waals surface area contributed by atoms with E-state index in [0.29, 0.717) is 66.2 Å². The van der Waals surface area contributed by atoms with Crippen LogP contribution in [-0.4, -0.2) is 113 Å². The molecule has 4 saturated heterocycles. The van der Waals surface area contributed by atoms with Gasteiger partial charge in [0.1, 0.15) is 29.8 Å². The summed E-state index contributed by atoms with van der Waals surface area (Å²) in [6.45, 7) is 5.10. The number of pyridine rings is 1. The van der Waals surface area contributed by atoms with Gasteiger partial charge in [0.2, 0.25) is 0 Å². The number of halogens is 3. The summed E-state index contributed by atoms with van der Waals surface area (Å²) < 4.78 is 37.6. The van der Waals surface area contributed by atoms with Crippen LogP contribution in [-0.2, 0) is 4.79 Å². The van der Waals surface area contributed by atoms with Crippen molar-refractivity contribution < 1.29 is 18.3 Å². The molecule has 2 aromatic heterocycles. The Labute approximate surface area is 289 Å². The molecule has 4 aromatic rings. The topological polar surface area (TPSA) is 77.9 Å². The van der Waals surface area contributed by atoms with E-state index in [1.807, 2.05) is 36.2 Å². The normalized spacial score (nSPS) is 23.8. The Kier molecular flexibility index (Phi) is 8.50. The molecule has 0 spiro atoms. The first-order valence-corrected chi connectivity index (χ1v) is 17.5. The van der Waals surface area contributed by atoms with E-state index in [2.05, 4.69) is 31.6 Å². The molecule has 4 fully saturated rings. The summed E-state index contributed by atoms with van der Waals surface area (Å²) in [5, 5.41) is 2.49. The number of likely N-dealkylation sites (tertiary alicyclic amines) is 2. The summed E-state index contributed by atoms with van der Waals surface area (Å²) >= 11 is 6.62. The largest absolute Gasteiger partial charge is 0.461 e. The molecule has 6 heterocycles. The van der Waals surface area contributed by atoms with Crippen LogP contribution in [0.4, 0.5) is 14.6 Å². The molecule has 2 aromatic carbocycles. The number of fused-ring (bicyclic) bond motifs is 3. The maximum Gasteiger partial charge on any atom is 0.319 e. The van der Waals surface area contributed by atoms with Crippen LogP contribution in [0.3, 0.4) is 0 Å². The summed E-state index contributed by atoms with van der Waals surface area (Å²) in [7, 11) is 1.89. The first-order chi connectivity index (χ1) is 23.8. The Morgan fingerprint density at radius 1 is 1.12 bits per heavy atom. The average molecular weight is 686 g/mol. The maximum atomic E-state index is 16.8. The van der Waals surface area contributed by atoms with Crippen LogP contribution in [0.2, 0.25) is 5.02 Å². The van der Waals surface area contributed by atoms with Gasteiger partial charge in [0.25, 0.3) is 5.91 Å². The van der Waals surface area contributed by atoms with Gasteiger partial charge in [-0.1, -0.05) is 47.9 Å². The number of nitrogens with zero attached hydrogens (tertiary/aromatic N) is 7. The number of anilines is 1. The van der Waals surface area contributed by atoms with E-state index >= 15 is 4.39 Å². The Morgan fingerprint density at radius 3 is 2.78 bits per heavy atom. The van der Waals surface area contributed by atoms with Crippen LogP contribution in [0.5, 0.6) is 6.01 Å². The van der Waals surface area contributed by atoms with Gasteiger partial charge in [0.15, 0.2) is 5.82 Å². The van der Waals surface area contributed by atoms with E-state index in [-0.39, 0.29) is 35.8 Å². The van der Waals surface area contributed by atoms with Crippen molar-refractivity contribution >= 4 is 45.0 Å². The van der Waals surface area contributed by atoms with Crippen LogP contribution >= 0.6 is 11.6 Å². The molecule has 0 aliphatic carbocycles. The number of hydrogen-bond donors (Lipinski definition) is 0. The molecule has 0 bridgehead atoms. The molecule has 254 valence electrons. The van der Waals surface area contributed by atoms with Gasteiger partial charge in [-0.05, 0) is 49.6 Å². The number of ether oxygens (including phenoxy) is 1. The van der Waals surface area contributed by atoms with Gasteiger partial charge in [-0.3, -0.25) is 19.6 Å². The minimum atomic E-state index is -0.907. The summed E-state index contributed by atoms with van der Waals surface area (Å²) in [5.74, 6) is 5.46. The zero-order valence-electron chi connectivity index (χ0n) is 27.5. The third-order valence-corrected chi connectivity index (χ3v) is 11.1. The van der Waals surface area contributed by atoms with E-state index in [0.717, 1.165) is 37.9 Å². The third-order valence-electron chi connectivity index (χ3n) is 10.8. The predicted octanol–water partition coefficient (Wildman–Crippen LogP) is 5.34. The fourth-order valence-electron chi connectivity index (χ4n) is 7.94. The van der Waals surface area contributed by atoms with Crippen LogP contribution in [0.15, 0.2) is 42.6 Å². The van der Waals surface area contributed by atoms with Crippen LogP contribution < -0.4 is 9.64 Å². The van der Waals surface area contributed by atoms with Crippen LogP contribution in [0.1, 0.15) is 32.1 Å². The number of aromatic nitrogens is 3. The standard InChI is InChI=1S/C37H38ClF2N7O2/c1-44(26-12-18-46(22-26)30(48)11-4-14-45-15-6-16-45)35-28-20-41-33(27-9-2-7-24-8-3-10-29(38)31(24)27)32(40)34(28)42-36(43-35)49-23-37-13-5-17-47(37)21-25(39)19-37/h2-3,7-10,20,25-26H,5-6,12-19,21-23H2,1H3/t25-,26-,37+/m1/s1. The first-order valence-electron chi connectivity index (χ1n) is 17.1. The molecular formula is C37H38ClF2N7O2. The number of rotatable bonds is 7. The number of alkyl halides is 1. The monoisotopic (exact) mass is 685 g/mol.